The summed E-state index contributed by atoms with van der Waals surface area (Å²) in [6.07, 6.45) is 2.69. The average Bonchev–Trinajstić information content (AvgIpc) is 2.59. The third kappa shape index (κ3) is 6.08. The molecule has 0 spiro atoms. The molecule has 0 amide bonds. The third-order valence-corrected chi connectivity index (χ3v) is 6.16. The lowest BCUT2D eigenvalue weighted by Gasteiger charge is -2.31. The molecule has 6 nitrogen and oxygen atoms in total. The molecule has 2 rings (SSSR count). The Morgan fingerprint density at radius 3 is 2.76 bits per heavy atom. The quantitative estimate of drug-likeness (QED) is 0.766. The van der Waals surface area contributed by atoms with Gasteiger partial charge in [0.1, 0.15) is 0 Å². The van der Waals surface area contributed by atoms with E-state index in [0.29, 0.717) is 5.92 Å². The van der Waals surface area contributed by atoms with Gasteiger partial charge in [-0.2, -0.15) is 22.7 Å². The van der Waals surface area contributed by atoms with Crippen LogP contribution in [-0.4, -0.2) is 44.3 Å². The predicted molar refractivity (Wildman–Crippen MR) is 98.7 cm³/mol. The number of hydrogen-bond acceptors (Lipinski definition) is 4. The molecular weight excluding hydrogens is 336 g/mol. The van der Waals surface area contributed by atoms with Gasteiger partial charge in [0.25, 0.3) is 10.2 Å². The fourth-order valence-corrected chi connectivity index (χ4v) is 4.05. The van der Waals surface area contributed by atoms with E-state index in [1.54, 1.807) is 0 Å². The molecule has 0 radical (unpaired) electrons. The van der Waals surface area contributed by atoms with Crippen LogP contribution in [0.2, 0.25) is 0 Å². The second-order valence-electron chi connectivity index (χ2n) is 6.81. The lowest BCUT2D eigenvalue weighted by molar-refractivity contribution is 0.176. The van der Waals surface area contributed by atoms with E-state index in [2.05, 4.69) is 22.6 Å². The normalized spacial score (nSPS) is 19.0. The molecule has 0 saturated carbocycles. The van der Waals surface area contributed by atoms with Crippen molar-refractivity contribution in [1.82, 2.24) is 13.9 Å². The van der Waals surface area contributed by atoms with Crippen LogP contribution in [0.15, 0.2) is 24.3 Å². The number of rotatable bonds is 8. The number of hydrogen-bond donors (Lipinski definition) is 1. The van der Waals surface area contributed by atoms with Crippen molar-refractivity contribution in [1.29, 1.82) is 5.26 Å². The summed E-state index contributed by atoms with van der Waals surface area (Å²) in [7, 11) is -2.08. The minimum Gasteiger partial charge on any atom is -0.299 e. The molecule has 0 bridgehead atoms. The molecule has 138 valence electrons. The molecule has 1 aromatic rings. The summed E-state index contributed by atoms with van der Waals surface area (Å²) in [5.74, 6) is 0.716. The minimum atomic E-state index is -3.57. The number of benzene rings is 1. The van der Waals surface area contributed by atoms with Crippen LogP contribution in [0, 0.1) is 17.2 Å². The van der Waals surface area contributed by atoms with Crippen molar-refractivity contribution in [2.45, 2.75) is 39.3 Å². The maximum Gasteiger partial charge on any atom is 0.279 e. The Kier molecular flexibility index (Phi) is 7.38. The summed E-state index contributed by atoms with van der Waals surface area (Å²) < 4.78 is 28.3. The Morgan fingerprint density at radius 1 is 1.36 bits per heavy atom. The zero-order chi connectivity index (χ0) is 18.3. The number of piperidine rings is 1. The highest BCUT2D eigenvalue weighted by molar-refractivity contribution is 7.87. The van der Waals surface area contributed by atoms with Crippen LogP contribution in [0.5, 0.6) is 0 Å². The molecule has 1 aliphatic heterocycles. The van der Waals surface area contributed by atoms with Gasteiger partial charge in [-0.05, 0) is 36.4 Å². The molecule has 0 aromatic heterocycles. The molecule has 1 fully saturated rings. The molecule has 1 aliphatic rings. The minimum absolute atomic E-state index is 0.182. The molecule has 7 heteroatoms. The second kappa shape index (κ2) is 9.30. The van der Waals surface area contributed by atoms with Gasteiger partial charge >= 0.3 is 0 Å². The summed E-state index contributed by atoms with van der Waals surface area (Å²) in [6.45, 7) is 5.78. The fourth-order valence-electron chi connectivity index (χ4n) is 3.16. The van der Waals surface area contributed by atoms with E-state index in [1.165, 1.54) is 29.8 Å². The molecular formula is C18H28N4O2S. The van der Waals surface area contributed by atoms with E-state index in [0.717, 1.165) is 25.2 Å². The van der Waals surface area contributed by atoms with Gasteiger partial charge < -0.3 is 0 Å². The van der Waals surface area contributed by atoms with E-state index >= 15 is 0 Å². The van der Waals surface area contributed by atoms with Crippen molar-refractivity contribution in [3.8, 4) is 6.07 Å². The molecule has 1 unspecified atom stereocenters. The van der Waals surface area contributed by atoms with E-state index in [-0.39, 0.29) is 19.5 Å². The van der Waals surface area contributed by atoms with Crippen molar-refractivity contribution in [3.05, 3.63) is 35.4 Å². The van der Waals surface area contributed by atoms with Crippen LogP contribution >= 0.6 is 0 Å². The third-order valence-electron chi connectivity index (χ3n) is 4.65. The second-order valence-corrected chi connectivity index (χ2v) is 8.67. The van der Waals surface area contributed by atoms with E-state index < -0.39 is 10.2 Å². The molecule has 1 aromatic carbocycles. The average molecular weight is 365 g/mol. The zero-order valence-electron chi connectivity index (χ0n) is 15.1. The van der Waals surface area contributed by atoms with Crippen molar-refractivity contribution >= 4 is 10.2 Å². The van der Waals surface area contributed by atoms with Crippen LogP contribution < -0.4 is 4.72 Å². The predicted octanol–water partition coefficient (Wildman–Crippen LogP) is 2.10. The molecule has 1 saturated heterocycles. The standard InChI is InChI=1S/C18H28N4O2S/c1-16-7-5-12-22(14-16)15-18-9-4-3-8-17(18)13-20-25(23,24)21(2)11-6-10-19/h3-4,8-9,16,20H,5-7,11-15H2,1-2H3. The van der Waals surface area contributed by atoms with Gasteiger partial charge in [-0.3, -0.25) is 4.90 Å². The summed E-state index contributed by atoms with van der Waals surface area (Å²) in [4.78, 5) is 2.44. The number of nitrogens with one attached hydrogen (secondary N) is 1. The molecule has 1 atom stereocenters. The van der Waals surface area contributed by atoms with Gasteiger partial charge in [0.2, 0.25) is 0 Å². The van der Waals surface area contributed by atoms with Crippen LogP contribution in [0.3, 0.4) is 0 Å². The smallest absolute Gasteiger partial charge is 0.279 e. The van der Waals surface area contributed by atoms with E-state index in [4.69, 9.17) is 5.26 Å². The summed E-state index contributed by atoms with van der Waals surface area (Å²) in [5, 5.41) is 8.60. The van der Waals surface area contributed by atoms with Gasteiger partial charge in [-0.15, -0.1) is 0 Å². The first-order valence-electron chi connectivity index (χ1n) is 8.79. The van der Waals surface area contributed by atoms with Crippen LogP contribution in [-0.2, 0) is 23.3 Å². The van der Waals surface area contributed by atoms with E-state index in [1.807, 2.05) is 24.3 Å². The summed E-state index contributed by atoms with van der Waals surface area (Å²) in [6, 6.07) is 9.94. The number of nitriles is 1. The Bertz CT molecular complexity index is 699. The zero-order valence-corrected chi connectivity index (χ0v) is 15.9. The molecule has 0 aliphatic carbocycles. The largest absolute Gasteiger partial charge is 0.299 e. The lowest BCUT2D eigenvalue weighted by atomic mass is 9.99. The SMILES string of the molecule is CC1CCCN(Cc2ccccc2CNS(=O)(=O)N(C)CCC#N)C1. The van der Waals surface area contributed by atoms with Crippen molar-refractivity contribution in [3.63, 3.8) is 0 Å². The van der Waals surface area contributed by atoms with Gasteiger partial charge in [0.05, 0.1) is 6.07 Å². The fraction of sp³-hybridized carbons (Fsp3) is 0.611. The maximum atomic E-state index is 12.2. The number of nitrogens with zero attached hydrogens (tertiary/aromatic N) is 3. The molecule has 1 heterocycles. The lowest BCUT2D eigenvalue weighted by Crippen LogP contribution is -2.38. The van der Waals surface area contributed by atoms with E-state index in [9.17, 15) is 8.42 Å². The van der Waals surface area contributed by atoms with Crippen molar-refractivity contribution in [2.75, 3.05) is 26.7 Å². The summed E-state index contributed by atoms with van der Waals surface area (Å²) >= 11 is 0. The first-order chi connectivity index (χ1) is 11.9. The molecule has 25 heavy (non-hydrogen) atoms. The highest BCUT2D eigenvalue weighted by atomic mass is 32.2. The van der Waals surface area contributed by atoms with Gasteiger partial charge in [0, 0.05) is 39.6 Å². The Balaban J connectivity index is 1.99. The van der Waals surface area contributed by atoms with Gasteiger partial charge in [0.15, 0.2) is 0 Å². The highest BCUT2D eigenvalue weighted by Crippen LogP contribution is 2.19. The first-order valence-corrected chi connectivity index (χ1v) is 10.2. The maximum absolute atomic E-state index is 12.2. The first kappa shape index (κ1) is 19.9. The summed E-state index contributed by atoms with van der Waals surface area (Å²) in [5.41, 5.74) is 2.16. The Hall–Kier alpha value is -1.46. The van der Waals surface area contributed by atoms with Gasteiger partial charge in [-0.25, -0.2) is 0 Å². The van der Waals surface area contributed by atoms with Crippen LogP contribution in [0.25, 0.3) is 0 Å². The Labute approximate surface area is 151 Å². The number of likely N-dealkylation sites (tertiary alicyclic amines) is 1. The molecule has 1 N–H and O–H groups in total. The monoisotopic (exact) mass is 364 g/mol. The van der Waals surface area contributed by atoms with Crippen LogP contribution in [0.4, 0.5) is 0 Å². The van der Waals surface area contributed by atoms with Gasteiger partial charge in [-0.1, -0.05) is 31.2 Å². The highest BCUT2D eigenvalue weighted by Gasteiger charge is 2.19. The van der Waals surface area contributed by atoms with Crippen LogP contribution in [0.1, 0.15) is 37.3 Å². The van der Waals surface area contributed by atoms with Crippen molar-refractivity contribution < 1.29 is 8.42 Å². The topological polar surface area (TPSA) is 76.4 Å². The van der Waals surface area contributed by atoms with Crippen molar-refractivity contribution in [2.24, 2.45) is 5.92 Å². The Morgan fingerprint density at radius 2 is 2.08 bits per heavy atom.